The molecule has 0 aromatic carbocycles. The molecule has 0 bridgehead atoms. The van der Waals surface area contributed by atoms with Crippen LogP contribution < -0.4 is 80.2 Å². The van der Waals surface area contributed by atoms with Crippen molar-refractivity contribution in [2.45, 2.75) is 225 Å². The first-order valence-corrected chi connectivity index (χ1v) is 34.9. The zero-order valence-electron chi connectivity index (χ0n) is 61.8. The van der Waals surface area contributed by atoms with Gasteiger partial charge >= 0.3 is 17.9 Å². The molecule has 1 fully saturated rings. The molecule has 0 aromatic heterocycles. The van der Waals surface area contributed by atoms with Crippen molar-refractivity contribution < 1.29 is 122 Å². The smallest absolute Gasteiger partial charge is 0.328 e. The fourth-order valence-corrected chi connectivity index (χ4v) is 10.3. The number of carboxylic acid groups (broad SMARTS) is 3. The van der Waals surface area contributed by atoms with Gasteiger partial charge in [-0.1, -0.05) is 82.1 Å². The maximum atomic E-state index is 14.1. The predicted molar refractivity (Wildman–Crippen MR) is 371 cm³/mol. The second-order valence-electron chi connectivity index (χ2n) is 26.9. The van der Waals surface area contributed by atoms with Crippen LogP contribution in [0.25, 0.3) is 0 Å². The van der Waals surface area contributed by atoms with E-state index >= 15 is 0 Å². The van der Waals surface area contributed by atoms with Crippen molar-refractivity contribution in [3.63, 3.8) is 0 Å². The molecule has 41 heteroatoms. The normalized spacial score (nSPS) is 16.9. The number of carboxylic acids is 3. The molecule has 1 aliphatic heterocycles. The lowest BCUT2D eigenvalue weighted by atomic mass is 9.96. The molecular weight excluding hydrogens is 1400 g/mol. The van der Waals surface area contributed by atoms with Crippen molar-refractivity contribution in [2.75, 3.05) is 46.1 Å². The molecular formula is C65H110N16O25. The van der Waals surface area contributed by atoms with E-state index in [1.807, 2.05) is 0 Å². The van der Waals surface area contributed by atoms with Gasteiger partial charge in [0.05, 0.1) is 39.5 Å². The fraction of sp³-hybridized carbons (Fsp3) is 0.723. The van der Waals surface area contributed by atoms with Crippen LogP contribution in [0, 0.1) is 29.6 Å². The largest absolute Gasteiger partial charge is 0.481 e. The van der Waals surface area contributed by atoms with Gasteiger partial charge in [0.2, 0.25) is 88.6 Å². The summed E-state index contributed by atoms with van der Waals surface area (Å²) in [5, 5.41) is 101. The number of nitrogens with one attached hydrogen (secondary N) is 14. The van der Waals surface area contributed by atoms with Gasteiger partial charge in [0.1, 0.15) is 84.6 Å². The van der Waals surface area contributed by atoms with Crippen LogP contribution >= 0.6 is 0 Å². The van der Waals surface area contributed by atoms with Gasteiger partial charge in [0, 0.05) is 19.4 Å². The molecule has 0 radical (unpaired) electrons. The third-order valence-electron chi connectivity index (χ3n) is 17.2. The molecule has 0 spiro atoms. The molecule has 1 aliphatic rings. The number of carbonyl (C=O) groups is 18. The molecule has 0 aromatic rings. The minimum Gasteiger partial charge on any atom is -0.481 e. The highest BCUT2D eigenvalue weighted by Crippen LogP contribution is 2.22. The Morgan fingerprint density at radius 2 is 0.802 bits per heavy atom. The summed E-state index contributed by atoms with van der Waals surface area (Å²) in [5.41, 5.74) is 5.46. The first-order valence-electron chi connectivity index (χ1n) is 34.9. The van der Waals surface area contributed by atoms with Gasteiger partial charge in [-0.2, -0.15) is 0 Å². The van der Waals surface area contributed by atoms with Crippen LogP contribution in [-0.2, 0) is 86.3 Å². The van der Waals surface area contributed by atoms with E-state index in [9.17, 15) is 117 Å². The zero-order chi connectivity index (χ0) is 81.2. The van der Waals surface area contributed by atoms with Crippen LogP contribution in [0.3, 0.4) is 0 Å². The van der Waals surface area contributed by atoms with Crippen molar-refractivity contribution in [1.29, 1.82) is 0 Å². The SMILES string of the molecule is CC[C@H](C)[C@H](NC(=O)[C@H](CO)NC(=O)CNC(=O)[C@@H](NC(=O)[C@H](C)NC(=O)[C@H](C)NC(=O)[C@@H](N)CO)C(C)C)C(=O)N[C@@H](CC(C)C)C(=O)N[C@@H](CO)C(=O)N[C@@H](CCC(=O)O)C(=O)N[C@@H](CCC(=O)O)C(=O)NCC(=O)N[C@H](C(=O)N1CCC[C@H]1C(=O)N[C@H](C(=O)N[C@@H](CO)C(=O)O)[C@@H](C)CC)C(C)C. The minimum absolute atomic E-state index is 0.0346. The standard InChI is InChI=1S/C65H110N16O25/c1-13-32(9)50(79-59(99)40(26-83)71-44(86)23-68-61(101)48(30(5)6)78-53(93)35(12)69-52(92)34(11)70-54(94)36(66)25-82)62(102)74-39(22-29(3)4)57(97)75-41(27-84)58(98)73-38(18-20-47(90)91)56(96)72-37(17-19-46(88)89)55(95)67-24-45(87)77-49(31(7)8)64(104)81-21-15-16-43(81)60(100)80-51(33(10)14-2)63(103)76-42(28-85)65(105)106/h29-43,48-51,82-85H,13-28,66H2,1-12H3,(H,67,95)(H,68,101)(H,69,92)(H,70,94)(H,71,86)(H,72,96)(H,73,98)(H,74,102)(H,75,97)(H,76,103)(H,77,87)(H,78,93)(H,79,99)(H,80,100)(H,88,89)(H,90,91)(H,105,106)/t32-,33-,34-,35-,36-,37-,38-,39-,40-,41-,42-,43-,48-,49-,50-,51-/m0/s1. The lowest BCUT2D eigenvalue weighted by Gasteiger charge is -2.32. The van der Waals surface area contributed by atoms with Gasteiger partial charge in [-0.3, -0.25) is 81.5 Å². The summed E-state index contributed by atoms with van der Waals surface area (Å²) in [6.45, 7) is 13.1. The molecule has 0 aliphatic carbocycles. The molecule has 106 heavy (non-hydrogen) atoms. The van der Waals surface area contributed by atoms with Crippen LogP contribution in [0.1, 0.15) is 141 Å². The minimum atomic E-state index is -1.95. The Bertz CT molecular complexity index is 3080. The molecule has 1 heterocycles. The Balaban J connectivity index is 3.28. The monoisotopic (exact) mass is 1510 g/mol. The number of aliphatic hydroxyl groups is 4. The topological polar surface area (TPSA) is 647 Å². The highest BCUT2D eigenvalue weighted by molar-refractivity contribution is 6.00. The zero-order valence-corrected chi connectivity index (χ0v) is 61.8. The summed E-state index contributed by atoms with van der Waals surface area (Å²) in [5.74, 6) is -22.1. The van der Waals surface area contributed by atoms with Gasteiger partial charge in [0.15, 0.2) is 0 Å². The second kappa shape index (κ2) is 47.0. The third kappa shape index (κ3) is 31.9. The van der Waals surface area contributed by atoms with Crippen molar-refractivity contribution >= 4 is 107 Å². The number of likely N-dealkylation sites (tertiary alicyclic amines) is 1. The second-order valence-corrected chi connectivity index (χ2v) is 26.9. The van der Waals surface area contributed by atoms with Crippen molar-refractivity contribution in [3.05, 3.63) is 0 Å². The number of nitrogens with zero attached hydrogens (tertiary/aromatic N) is 1. The van der Waals surface area contributed by atoms with E-state index in [4.69, 9.17) is 10.8 Å². The molecule has 23 N–H and O–H groups in total. The average molecular weight is 1520 g/mol. The maximum absolute atomic E-state index is 14.1. The van der Waals surface area contributed by atoms with E-state index in [0.717, 1.165) is 0 Å². The van der Waals surface area contributed by atoms with Gasteiger partial charge in [0.25, 0.3) is 0 Å². The Labute approximate surface area is 612 Å². The van der Waals surface area contributed by atoms with Gasteiger partial charge in [-0.05, 0) is 75.5 Å². The molecule has 16 atom stereocenters. The summed E-state index contributed by atoms with van der Waals surface area (Å²) >= 11 is 0. The van der Waals surface area contributed by atoms with Crippen LogP contribution in [-0.4, -0.2) is 278 Å². The molecule has 0 unspecified atom stereocenters. The lowest BCUT2D eigenvalue weighted by molar-refractivity contribution is -0.145. The van der Waals surface area contributed by atoms with E-state index in [1.165, 1.54) is 25.7 Å². The Morgan fingerprint density at radius 3 is 1.26 bits per heavy atom. The summed E-state index contributed by atoms with van der Waals surface area (Å²) in [7, 11) is 0. The number of aliphatic carboxylic acids is 3. The van der Waals surface area contributed by atoms with Gasteiger partial charge < -0.3 is 121 Å². The number of hydrogen-bond donors (Lipinski definition) is 22. The highest BCUT2D eigenvalue weighted by atomic mass is 16.4. The van der Waals surface area contributed by atoms with Gasteiger partial charge in [-0.15, -0.1) is 0 Å². The number of rotatable bonds is 48. The molecule has 0 saturated carbocycles. The van der Waals surface area contributed by atoms with Crippen LogP contribution in [0.4, 0.5) is 0 Å². The van der Waals surface area contributed by atoms with Crippen LogP contribution in [0.15, 0.2) is 0 Å². The van der Waals surface area contributed by atoms with Crippen molar-refractivity contribution in [3.8, 4) is 0 Å². The number of nitrogens with two attached hydrogens (primary N) is 1. The fourth-order valence-electron chi connectivity index (χ4n) is 10.3. The maximum Gasteiger partial charge on any atom is 0.328 e. The summed E-state index contributed by atoms with van der Waals surface area (Å²) in [6.07, 6.45) is -2.12. The molecule has 1 saturated heterocycles. The highest BCUT2D eigenvalue weighted by Gasteiger charge is 2.42. The number of hydrogen-bond acceptors (Lipinski definition) is 23. The van der Waals surface area contributed by atoms with E-state index in [1.54, 1.807) is 62.3 Å². The number of amides is 15. The van der Waals surface area contributed by atoms with Crippen molar-refractivity contribution in [1.82, 2.24) is 79.3 Å². The van der Waals surface area contributed by atoms with E-state index in [-0.39, 0.29) is 31.7 Å². The summed E-state index contributed by atoms with van der Waals surface area (Å²) in [6, 6.07) is -20.9. The Morgan fingerprint density at radius 1 is 0.406 bits per heavy atom. The first-order chi connectivity index (χ1) is 49.5. The molecule has 600 valence electrons. The van der Waals surface area contributed by atoms with E-state index in [0.29, 0.717) is 12.8 Å². The van der Waals surface area contributed by atoms with E-state index < -0.39 is 280 Å². The Hall–Kier alpha value is -9.74. The first kappa shape index (κ1) is 94.3. The van der Waals surface area contributed by atoms with Crippen molar-refractivity contribution in [2.24, 2.45) is 35.3 Å². The molecule has 15 amide bonds. The Kier molecular flexibility index (Phi) is 41.8. The summed E-state index contributed by atoms with van der Waals surface area (Å²) in [4.78, 5) is 238. The van der Waals surface area contributed by atoms with E-state index in [2.05, 4.69) is 74.4 Å². The quantitative estimate of drug-likeness (QED) is 0.0269. The molecule has 1 rings (SSSR count). The molecule has 41 nitrogen and oxygen atoms in total. The lowest BCUT2D eigenvalue weighted by Crippen LogP contribution is -2.61. The third-order valence-corrected chi connectivity index (χ3v) is 17.2. The number of aliphatic hydroxyl groups excluding tert-OH is 4. The van der Waals surface area contributed by atoms with Crippen LogP contribution in [0.5, 0.6) is 0 Å². The van der Waals surface area contributed by atoms with Crippen LogP contribution in [0.2, 0.25) is 0 Å². The van der Waals surface area contributed by atoms with Gasteiger partial charge in [-0.25, -0.2) is 4.79 Å². The average Bonchev–Trinajstić information content (AvgIpc) is 1.63. The predicted octanol–water partition coefficient (Wildman–Crippen LogP) is -8.37. The number of carbonyl (C=O) groups excluding carboxylic acids is 15. The summed E-state index contributed by atoms with van der Waals surface area (Å²) < 4.78 is 0.